The lowest BCUT2D eigenvalue weighted by Gasteiger charge is -2.27. The van der Waals surface area contributed by atoms with E-state index in [4.69, 9.17) is 5.14 Å². The van der Waals surface area contributed by atoms with Crippen LogP contribution in [0, 0.1) is 0 Å². The first kappa shape index (κ1) is 14.4. The van der Waals surface area contributed by atoms with Crippen LogP contribution >= 0.6 is 0 Å². The average Bonchev–Trinajstić information content (AvgIpc) is 2.95. The number of benzene rings is 1. The second kappa shape index (κ2) is 5.05. The largest absolute Gasteiger partial charge is 0.395 e. The number of fused-ring (bicyclic) bond motifs is 1. The summed E-state index contributed by atoms with van der Waals surface area (Å²) in [5.74, 6) is 0. The summed E-state index contributed by atoms with van der Waals surface area (Å²) >= 11 is 0. The third kappa shape index (κ3) is 2.43. The number of nitrogens with zero attached hydrogens (tertiary/aromatic N) is 1. The van der Waals surface area contributed by atoms with Gasteiger partial charge in [0, 0.05) is 17.0 Å². The van der Waals surface area contributed by atoms with E-state index in [-0.39, 0.29) is 16.9 Å². The van der Waals surface area contributed by atoms with E-state index in [0.29, 0.717) is 0 Å². The molecule has 21 heavy (non-hydrogen) atoms. The molecule has 0 radical (unpaired) electrons. The molecule has 6 heteroatoms. The van der Waals surface area contributed by atoms with Gasteiger partial charge in [-0.1, -0.05) is 18.9 Å². The summed E-state index contributed by atoms with van der Waals surface area (Å²) in [6.45, 7) is 0.0265. The summed E-state index contributed by atoms with van der Waals surface area (Å²) in [4.78, 5) is 4.54. The Morgan fingerprint density at radius 2 is 1.95 bits per heavy atom. The van der Waals surface area contributed by atoms with Crippen molar-refractivity contribution in [3.63, 3.8) is 0 Å². The van der Waals surface area contributed by atoms with E-state index >= 15 is 0 Å². The molecule has 0 spiro atoms. The lowest BCUT2D eigenvalue weighted by atomic mass is 9.81. The number of rotatable bonds is 3. The van der Waals surface area contributed by atoms with E-state index in [1.54, 1.807) is 18.3 Å². The van der Waals surface area contributed by atoms with Crippen molar-refractivity contribution in [2.45, 2.75) is 36.0 Å². The molecule has 1 saturated carbocycles. The summed E-state index contributed by atoms with van der Waals surface area (Å²) in [5.41, 5.74) is 0.418. The van der Waals surface area contributed by atoms with Crippen molar-refractivity contribution < 1.29 is 13.5 Å². The fourth-order valence-corrected chi connectivity index (χ4v) is 3.81. The summed E-state index contributed by atoms with van der Waals surface area (Å²) in [5, 5.41) is 16.8. The van der Waals surface area contributed by atoms with Crippen LogP contribution < -0.4 is 5.14 Å². The SMILES string of the molecule is NS(=O)(=O)c1ccc2ccnc(C3(CO)CCCC3)c2c1. The second-order valence-electron chi connectivity index (χ2n) is 5.73. The number of aliphatic hydroxyl groups is 1. The Bertz CT molecular complexity index is 781. The van der Waals surface area contributed by atoms with E-state index in [0.717, 1.165) is 42.1 Å². The molecule has 3 rings (SSSR count). The molecule has 3 N–H and O–H groups in total. The standard InChI is InChI=1S/C15H18N2O3S/c16-21(19,20)12-4-3-11-5-8-17-14(13(11)9-12)15(10-18)6-1-2-7-15/h3-5,8-9,18H,1-2,6-7,10H2,(H2,16,19,20). The van der Waals surface area contributed by atoms with Gasteiger partial charge in [-0.3, -0.25) is 4.98 Å². The minimum Gasteiger partial charge on any atom is -0.395 e. The zero-order valence-corrected chi connectivity index (χ0v) is 12.4. The van der Waals surface area contributed by atoms with Crippen LogP contribution in [0.1, 0.15) is 31.4 Å². The number of sulfonamides is 1. The van der Waals surface area contributed by atoms with Crippen molar-refractivity contribution in [3.05, 3.63) is 36.2 Å². The van der Waals surface area contributed by atoms with Gasteiger partial charge in [0.25, 0.3) is 0 Å². The molecule has 1 aliphatic carbocycles. The molecule has 1 aromatic carbocycles. The number of nitrogens with two attached hydrogens (primary N) is 1. The van der Waals surface area contributed by atoms with Crippen LogP contribution in [0.15, 0.2) is 35.4 Å². The van der Waals surface area contributed by atoms with Gasteiger partial charge >= 0.3 is 0 Å². The van der Waals surface area contributed by atoms with Gasteiger partial charge in [0.1, 0.15) is 0 Å². The molecule has 0 saturated heterocycles. The molecule has 0 aliphatic heterocycles. The fourth-order valence-electron chi connectivity index (χ4n) is 3.27. The topological polar surface area (TPSA) is 93.3 Å². The molecular formula is C15H18N2O3S. The van der Waals surface area contributed by atoms with Crippen molar-refractivity contribution in [1.29, 1.82) is 0 Å². The Labute approximate surface area is 123 Å². The third-order valence-electron chi connectivity index (χ3n) is 4.43. The smallest absolute Gasteiger partial charge is 0.238 e. The molecule has 0 atom stereocenters. The normalized spacial score (nSPS) is 18.2. The molecule has 0 unspecified atom stereocenters. The van der Waals surface area contributed by atoms with Gasteiger partial charge in [0.2, 0.25) is 10.0 Å². The van der Waals surface area contributed by atoms with Gasteiger partial charge in [-0.05, 0) is 36.4 Å². The number of hydrogen-bond acceptors (Lipinski definition) is 4. The van der Waals surface area contributed by atoms with E-state index in [2.05, 4.69) is 4.98 Å². The van der Waals surface area contributed by atoms with Crippen molar-refractivity contribution in [2.24, 2.45) is 5.14 Å². The van der Waals surface area contributed by atoms with Crippen LogP contribution in [-0.4, -0.2) is 25.1 Å². The van der Waals surface area contributed by atoms with Crippen LogP contribution in [0.25, 0.3) is 10.8 Å². The second-order valence-corrected chi connectivity index (χ2v) is 7.29. The molecule has 0 amide bonds. The highest BCUT2D eigenvalue weighted by Crippen LogP contribution is 2.42. The van der Waals surface area contributed by atoms with Crippen molar-refractivity contribution in [1.82, 2.24) is 4.98 Å². The molecule has 1 aromatic heterocycles. The molecule has 5 nitrogen and oxygen atoms in total. The van der Waals surface area contributed by atoms with Crippen LogP contribution in [-0.2, 0) is 15.4 Å². The lowest BCUT2D eigenvalue weighted by Crippen LogP contribution is -2.28. The summed E-state index contributed by atoms with van der Waals surface area (Å²) in [6.07, 6.45) is 5.55. The molecule has 0 bridgehead atoms. The van der Waals surface area contributed by atoms with Crippen LogP contribution in [0.4, 0.5) is 0 Å². The zero-order chi connectivity index (χ0) is 15.1. The molecule has 2 aromatic rings. The predicted molar refractivity (Wildman–Crippen MR) is 80.3 cm³/mol. The van der Waals surface area contributed by atoms with E-state index in [1.807, 2.05) is 6.07 Å². The maximum absolute atomic E-state index is 11.6. The summed E-state index contributed by atoms with van der Waals surface area (Å²) < 4.78 is 23.1. The number of aromatic nitrogens is 1. The van der Waals surface area contributed by atoms with Crippen molar-refractivity contribution >= 4 is 20.8 Å². The van der Waals surface area contributed by atoms with Gasteiger partial charge in [-0.2, -0.15) is 0 Å². The van der Waals surface area contributed by atoms with E-state index < -0.39 is 10.0 Å². The minimum absolute atomic E-state index is 0.0265. The number of hydrogen-bond donors (Lipinski definition) is 2. The van der Waals surface area contributed by atoms with Crippen LogP contribution in [0.3, 0.4) is 0 Å². The average molecular weight is 306 g/mol. The maximum atomic E-state index is 11.6. The van der Waals surface area contributed by atoms with E-state index in [1.165, 1.54) is 6.07 Å². The van der Waals surface area contributed by atoms with Crippen molar-refractivity contribution in [2.75, 3.05) is 6.61 Å². The minimum atomic E-state index is -3.75. The van der Waals surface area contributed by atoms with E-state index in [9.17, 15) is 13.5 Å². The lowest BCUT2D eigenvalue weighted by molar-refractivity contribution is 0.193. The Morgan fingerprint density at radius 3 is 2.57 bits per heavy atom. The first-order chi connectivity index (χ1) is 9.96. The Morgan fingerprint density at radius 1 is 1.24 bits per heavy atom. The van der Waals surface area contributed by atoms with Crippen molar-refractivity contribution in [3.8, 4) is 0 Å². The quantitative estimate of drug-likeness (QED) is 0.902. The van der Waals surface area contributed by atoms with Crippen LogP contribution in [0.5, 0.6) is 0 Å². The summed E-state index contributed by atoms with van der Waals surface area (Å²) in [6, 6.07) is 6.65. The number of aliphatic hydroxyl groups excluding tert-OH is 1. The highest BCUT2D eigenvalue weighted by atomic mass is 32.2. The Kier molecular flexibility index (Phi) is 3.47. The first-order valence-corrected chi connectivity index (χ1v) is 8.54. The van der Waals surface area contributed by atoms with Gasteiger partial charge in [0.05, 0.1) is 17.2 Å². The fraction of sp³-hybridized carbons (Fsp3) is 0.400. The maximum Gasteiger partial charge on any atom is 0.238 e. The highest BCUT2D eigenvalue weighted by Gasteiger charge is 2.37. The molecule has 1 heterocycles. The Balaban J connectivity index is 2.27. The van der Waals surface area contributed by atoms with Gasteiger partial charge in [-0.25, -0.2) is 13.6 Å². The van der Waals surface area contributed by atoms with Gasteiger partial charge < -0.3 is 5.11 Å². The third-order valence-corrected chi connectivity index (χ3v) is 5.34. The molecule has 1 aliphatic rings. The summed E-state index contributed by atoms with van der Waals surface area (Å²) in [7, 11) is -3.75. The number of pyridine rings is 1. The molecule has 1 fully saturated rings. The zero-order valence-electron chi connectivity index (χ0n) is 11.6. The Hall–Kier alpha value is -1.50. The predicted octanol–water partition coefficient (Wildman–Crippen LogP) is 1.69. The number of primary sulfonamides is 1. The monoisotopic (exact) mass is 306 g/mol. The molecule has 112 valence electrons. The van der Waals surface area contributed by atoms with Gasteiger partial charge in [-0.15, -0.1) is 0 Å². The first-order valence-electron chi connectivity index (χ1n) is 6.99. The van der Waals surface area contributed by atoms with Gasteiger partial charge in [0.15, 0.2) is 0 Å². The highest BCUT2D eigenvalue weighted by molar-refractivity contribution is 7.89. The molecular weight excluding hydrogens is 288 g/mol. The van der Waals surface area contributed by atoms with Crippen LogP contribution in [0.2, 0.25) is 0 Å².